The Hall–Kier alpha value is -6.06. The second-order valence-electron chi connectivity index (χ2n) is 8.33. The van der Waals surface area contributed by atoms with Crippen LogP contribution in [0.15, 0.2) is 36.4 Å². The van der Waals surface area contributed by atoms with Gasteiger partial charge in [-0.2, -0.15) is 0 Å². The van der Waals surface area contributed by atoms with Crippen molar-refractivity contribution in [1.29, 1.82) is 0 Å². The van der Waals surface area contributed by atoms with Gasteiger partial charge in [-0.3, -0.25) is 49.5 Å². The molecule has 16 nitrogen and oxygen atoms in total. The number of rotatable bonds is 8. The van der Waals surface area contributed by atoms with Gasteiger partial charge in [-0.05, 0) is 39.0 Å². The number of benzene rings is 3. The van der Waals surface area contributed by atoms with Gasteiger partial charge in [-0.15, -0.1) is 0 Å². The average molecular weight is 600 g/mol. The van der Waals surface area contributed by atoms with Gasteiger partial charge in [-0.25, -0.2) is 0 Å². The van der Waals surface area contributed by atoms with Gasteiger partial charge in [-0.1, -0.05) is 0 Å². The largest absolute Gasteiger partial charge is 0.507 e. The number of aldehydes is 3. The number of carbonyl (C=O) groups is 4. The van der Waals surface area contributed by atoms with Crippen LogP contribution in [0.4, 0.5) is 17.1 Å². The summed E-state index contributed by atoms with van der Waals surface area (Å²) >= 11 is 0. The Bertz CT molecular complexity index is 1600. The summed E-state index contributed by atoms with van der Waals surface area (Å²) in [6.07, 6.45) is 1.54. The van der Waals surface area contributed by atoms with Crippen LogP contribution in [0.1, 0.15) is 54.7 Å². The first kappa shape index (κ1) is 35.0. The maximum Gasteiger partial charge on any atom is 0.308 e. The first-order valence-electron chi connectivity index (χ1n) is 11.8. The summed E-state index contributed by atoms with van der Waals surface area (Å²) in [6, 6.07) is 7.52. The molecule has 226 valence electrons. The number of methoxy groups -OCH3 is 1. The third kappa shape index (κ3) is 8.71. The van der Waals surface area contributed by atoms with E-state index in [4.69, 9.17) is 9.47 Å². The zero-order chi connectivity index (χ0) is 33.0. The molecule has 3 rings (SSSR count). The normalized spacial score (nSPS) is 9.60. The van der Waals surface area contributed by atoms with Gasteiger partial charge >= 0.3 is 5.97 Å². The zero-order valence-corrected chi connectivity index (χ0v) is 23.4. The van der Waals surface area contributed by atoms with Gasteiger partial charge in [0, 0.05) is 25.1 Å². The fraction of sp³-hybridized carbons (Fsp3) is 0.185. The highest BCUT2D eigenvalue weighted by Gasteiger charge is 2.20. The van der Waals surface area contributed by atoms with E-state index in [2.05, 4.69) is 0 Å². The number of hydrogen-bond donors (Lipinski definition) is 1. The lowest BCUT2D eigenvalue weighted by Crippen LogP contribution is -2.06. The van der Waals surface area contributed by atoms with E-state index in [1.807, 2.05) is 0 Å². The quantitative estimate of drug-likeness (QED) is 0.121. The molecule has 0 aliphatic heterocycles. The highest BCUT2D eigenvalue weighted by atomic mass is 16.6. The molecule has 0 amide bonds. The van der Waals surface area contributed by atoms with E-state index in [1.165, 1.54) is 57.4 Å². The van der Waals surface area contributed by atoms with Crippen molar-refractivity contribution in [2.24, 2.45) is 0 Å². The monoisotopic (exact) mass is 599 g/mol. The molecule has 0 atom stereocenters. The van der Waals surface area contributed by atoms with Crippen molar-refractivity contribution >= 4 is 41.9 Å². The van der Waals surface area contributed by atoms with E-state index in [-0.39, 0.29) is 56.6 Å². The minimum atomic E-state index is -0.633. The lowest BCUT2D eigenvalue weighted by atomic mass is 10.1. The predicted molar refractivity (Wildman–Crippen MR) is 149 cm³/mol. The van der Waals surface area contributed by atoms with Gasteiger partial charge < -0.3 is 14.6 Å². The van der Waals surface area contributed by atoms with Crippen LogP contribution in [0.2, 0.25) is 0 Å². The van der Waals surface area contributed by atoms with Crippen molar-refractivity contribution in [2.75, 3.05) is 7.11 Å². The summed E-state index contributed by atoms with van der Waals surface area (Å²) in [7, 11) is 1.37. The molecule has 0 spiro atoms. The van der Waals surface area contributed by atoms with E-state index in [0.717, 1.165) is 6.92 Å². The Morgan fingerprint density at radius 3 is 1.37 bits per heavy atom. The van der Waals surface area contributed by atoms with Gasteiger partial charge in [0.25, 0.3) is 17.1 Å². The molecule has 0 heterocycles. The highest BCUT2D eigenvalue weighted by molar-refractivity contribution is 5.84. The fourth-order valence-electron chi connectivity index (χ4n) is 3.54. The molecule has 0 radical (unpaired) electrons. The molecule has 0 saturated heterocycles. The second kappa shape index (κ2) is 15.7. The fourth-order valence-corrected chi connectivity index (χ4v) is 3.54. The molecule has 0 bridgehead atoms. The van der Waals surface area contributed by atoms with Crippen molar-refractivity contribution in [3.63, 3.8) is 0 Å². The molecule has 0 aliphatic rings. The molecule has 1 N–H and O–H groups in total. The van der Waals surface area contributed by atoms with Crippen LogP contribution in [-0.4, -0.2) is 51.8 Å². The number of carbonyl (C=O) groups excluding carboxylic acids is 4. The van der Waals surface area contributed by atoms with Gasteiger partial charge in [0.1, 0.15) is 11.5 Å². The van der Waals surface area contributed by atoms with Crippen molar-refractivity contribution in [2.45, 2.75) is 27.7 Å². The lowest BCUT2D eigenvalue weighted by molar-refractivity contribution is -0.385. The van der Waals surface area contributed by atoms with Crippen LogP contribution in [-0.2, 0) is 4.79 Å². The molecular formula is C27H25N3O13. The Labute approximate surface area is 242 Å². The van der Waals surface area contributed by atoms with Crippen molar-refractivity contribution < 1.29 is 48.5 Å². The standard InChI is InChI=1S/C10H9NO5.C9H9NO4.C8H7NO4/c1-6-9(11(14)15)4-3-8(5-12)10(6)16-7(2)13;1-6-8(10(12)13)4-3-7(5-11)9(6)14-2;1-5-7(9(12)13)3-2-6(4-10)8(5)11/h3-5H,1-2H3;3-5H,1-2H3;2-4,11H,1H3. The molecule has 43 heavy (non-hydrogen) atoms. The number of phenolic OH excluding ortho intramolecular Hbond substituents is 1. The maximum atomic E-state index is 10.8. The molecule has 0 aliphatic carbocycles. The van der Waals surface area contributed by atoms with Gasteiger partial charge in [0.2, 0.25) is 0 Å². The Kier molecular flexibility index (Phi) is 12.7. The van der Waals surface area contributed by atoms with Gasteiger partial charge in [0.15, 0.2) is 24.6 Å². The Morgan fingerprint density at radius 2 is 1.02 bits per heavy atom. The number of hydrogen-bond acceptors (Lipinski definition) is 13. The summed E-state index contributed by atoms with van der Waals surface area (Å²) in [5, 5.41) is 40.9. The minimum Gasteiger partial charge on any atom is -0.507 e. The molecule has 0 unspecified atom stereocenters. The van der Waals surface area contributed by atoms with E-state index < -0.39 is 20.7 Å². The van der Waals surface area contributed by atoms with Crippen LogP contribution < -0.4 is 9.47 Å². The minimum absolute atomic E-state index is 0.0487. The van der Waals surface area contributed by atoms with E-state index in [0.29, 0.717) is 30.0 Å². The van der Waals surface area contributed by atoms with Crippen LogP contribution in [0.5, 0.6) is 17.2 Å². The number of nitro benzene ring substituents is 3. The molecule has 16 heteroatoms. The Morgan fingerprint density at radius 1 is 0.674 bits per heavy atom. The second-order valence-corrected chi connectivity index (χ2v) is 8.33. The van der Waals surface area contributed by atoms with Crippen molar-refractivity contribution in [3.05, 3.63) is 100 Å². The van der Waals surface area contributed by atoms with Crippen LogP contribution in [0.25, 0.3) is 0 Å². The predicted octanol–water partition coefficient (Wildman–Crippen LogP) is 4.79. The van der Waals surface area contributed by atoms with E-state index >= 15 is 0 Å². The molecule has 3 aromatic rings. The molecule has 0 saturated carbocycles. The molecule has 3 aromatic carbocycles. The van der Waals surface area contributed by atoms with E-state index in [9.17, 15) is 54.6 Å². The number of nitro groups is 3. The lowest BCUT2D eigenvalue weighted by Gasteiger charge is -2.07. The van der Waals surface area contributed by atoms with Crippen molar-refractivity contribution in [1.82, 2.24) is 0 Å². The Balaban J connectivity index is 0.000000324. The topological polar surface area (TPSA) is 236 Å². The first-order valence-corrected chi connectivity index (χ1v) is 11.8. The average Bonchev–Trinajstić information content (AvgIpc) is 2.95. The smallest absolute Gasteiger partial charge is 0.308 e. The highest BCUT2D eigenvalue weighted by Crippen LogP contribution is 2.31. The van der Waals surface area contributed by atoms with E-state index in [1.54, 1.807) is 6.92 Å². The van der Waals surface area contributed by atoms with Crippen LogP contribution in [0.3, 0.4) is 0 Å². The van der Waals surface area contributed by atoms with Crippen LogP contribution in [0, 0.1) is 51.1 Å². The number of esters is 1. The third-order valence-electron chi connectivity index (χ3n) is 5.67. The third-order valence-corrected chi connectivity index (χ3v) is 5.67. The first-order chi connectivity index (χ1) is 20.2. The SMILES string of the molecule is CC(=O)Oc1c(C=O)ccc([N+](=O)[O-])c1C.COc1c(C=O)ccc([N+](=O)[O-])c1C.Cc1c([N+](=O)[O-])ccc(C=O)c1O. The summed E-state index contributed by atoms with van der Waals surface area (Å²) < 4.78 is 9.71. The molecule has 0 fully saturated rings. The number of phenols is 1. The number of ether oxygens (including phenoxy) is 2. The molecule has 0 aromatic heterocycles. The van der Waals surface area contributed by atoms with Gasteiger partial charge in [0.05, 0.1) is 55.3 Å². The molecular weight excluding hydrogens is 574 g/mol. The summed E-state index contributed by atoms with van der Waals surface area (Å²) in [5.74, 6) is -0.762. The summed E-state index contributed by atoms with van der Waals surface area (Å²) in [4.78, 5) is 72.2. The maximum absolute atomic E-state index is 10.8. The summed E-state index contributed by atoms with van der Waals surface area (Å²) in [5.41, 5.74) is 0.677. The van der Waals surface area contributed by atoms with Crippen molar-refractivity contribution in [3.8, 4) is 17.2 Å². The zero-order valence-electron chi connectivity index (χ0n) is 23.4. The number of aromatic hydroxyl groups is 1. The summed E-state index contributed by atoms with van der Waals surface area (Å²) in [6.45, 7) is 5.51. The van der Waals surface area contributed by atoms with Crippen LogP contribution >= 0.6 is 0 Å². The number of nitrogens with zero attached hydrogens (tertiary/aromatic N) is 3.